The number of carbonyl (C=O) groups excluding carboxylic acids is 1. The van der Waals surface area contributed by atoms with Gasteiger partial charge < -0.3 is 9.72 Å². The molecule has 23 heavy (non-hydrogen) atoms. The molecule has 3 N–H and O–H groups in total. The van der Waals surface area contributed by atoms with E-state index in [2.05, 4.69) is 9.97 Å². The molecule has 0 fully saturated rings. The Bertz CT molecular complexity index is 876. The van der Waals surface area contributed by atoms with Gasteiger partial charge in [-0.25, -0.2) is 10.5 Å². The third kappa shape index (κ3) is 2.64. The highest BCUT2D eigenvalue weighted by atomic mass is 16.5. The quantitative estimate of drug-likeness (QED) is 0.512. The number of nitrogens with zero attached hydrogens (tertiary/aromatic N) is 1. The normalized spacial score (nSPS) is 10.8. The number of hydrogen-bond acceptors (Lipinski definition) is 4. The molecule has 2 aromatic carbocycles. The Hall–Kier alpha value is -2.86. The predicted molar refractivity (Wildman–Crippen MR) is 86.8 cm³/mol. The second-order valence-corrected chi connectivity index (χ2v) is 5.40. The van der Waals surface area contributed by atoms with E-state index in [1.165, 1.54) is 0 Å². The van der Waals surface area contributed by atoms with Crippen LogP contribution in [0.4, 0.5) is 0 Å². The first kappa shape index (κ1) is 15.1. The average Bonchev–Trinajstić information content (AvgIpc) is 2.96. The highest BCUT2D eigenvalue weighted by Crippen LogP contribution is 2.29. The van der Waals surface area contributed by atoms with Crippen LogP contribution in [0.15, 0.2) is 30.3 Å². The summed E-state index contributed by atoms with van der Waals surface area (Å²) in [6.07, 6.45) is 0. The molecular weight excluding hydrogens is 294 g/mol. The van der Waals surface area contributed by atoms with E-state index in [0.717, 1.165) is 39.3 Å². The molecule has 118 valence electrons. The first-order chi connectivity index (χ1) is 11.0. The van der Waals surface area contributed by atoms with Crippen molar-refractivity contribution in [1.82, 2.24) is 15.4 Å². The van der Waals surface area contributed by atoms with Crippen LogP contribution in [0.5, 0.6) is 5.75 Å². The number of amides is 1. The second kappa shape index (κ2) is 5.73. The minimum Gasteiger partial charge on any atom is -0.496 e. The minimum atomic E-state index is -0.556. The fourth-order valence-corrected chi connectivity index (χ4v) is 2.76. The summed E-state index contributed by atoms with van der Waals surface area (Å²) in [4.78, 5) is 19.3. The minimum absolute atomic E-state index is 0.359. The number of fused-ring (bicyclic) bond motifs is 1. The van der Waals surface area contributed by atoms with Gasteiger partial charge in [-0.05, 0) is 55.3 Å². The smallest absolute Gasteiger partial charge is 0.274 e. The molecule has 6 nitrogen and oxygen atoms in total. The third-order valence-corrected chi connectivity index (χ3v) is 3.78. The standard InChI is InChI=1S/C17H17N3O3/c1-9-6-12(7-10(2)15(9)23-3)16-18-13-5-4-11(17(21)20-22)8-14(13)19-16/h4-8,22H,1-3H3,(H,18,19)(H,20,21). The van der Waals surface area contributed by atoms with E-state index in [-0.39, 0.29) is 0 Å². The van der Waals surface area contributed by atoms with Gasteiger partial charge in [0, 0.05) is 11.1 Å². The number of nitrogens with one attached hydrogen (secondary N) is 2. The van der Waals surface area contributed by atoms with E-state index < -0.39 is 5.91 Å². The SMILES string of the molecule is COc1c(C)cc(-c2nc3ccc(C(=O)NO)cc3[nH]2)cc1C. The molecule has 3 aromatic rings. The Morgan fingerprint density at radius 1 is 1.22 bits per heavy atom. The molecule has 0 spiro atoms. The van der Waals surface area contributed by atoms with Gasteiger partial charge in [-0.2, -0.15) is 0 Å². The topological polar surface area (TPSA) is 87.2 Å². The molecule has 0 saturated heterocycles. The van der Waals surface area contributed by atoms with Crippen molar-refractivity contribution in [2.45, 2.75) is 13.8 Å². The molecule has 0 radical (unpaired) electrons. The van der Waals surface area contributed by atoms with Crippen molar-refractivity contribution < 1.29 is 14.7 Å². The molecule has 0 atom stereocenters. The maximum Gasteiger partial charge on any atom is 0.274 e. The number of H-pyrrole nitrogens is 1. The number of aromatic amines is 1. The summed E-state index contributed by atoms with van der Waals surface area (Å²) in [6.45, 7) is 3.98. The van der Waals surface area contributed by atoms with Gasteiger partial charge >= 0.3 is 0 Å². The van der Waals surface area contributed by atoms with Gasteiger partial charge in [0.15, 0.2) is 0 Å². The van der Waals surface area contributed by atoms with Crippen molar-refractivity contribution in [3.8, 4) is 17.1 Å². The van der Waals surface area contributed by atoms with Crippen molar-refractivity contribution in [1.29, 1.82) is 0 Å². The third-order valence-electron chi connectivity index (χ3n) is 3.78. The van der Waals surface area contributed by atoms with Crippen LogP contribution in [0.1, 0.15) is 21.5 Å². The Labute approximate surface area is 133 Å². The molecule has 1 amide bonds. The number of aromatic nitrogens is 2. The maximum atomic E-state index is 11.5. The Morgan fingerprint density at radius 3 is 2.52 bits per heavy atom. The lowest BCUT2D eigenvalue weighted by Crippen LogP contribution is -2.18. The zero-order valence-corrected chi connectivity index (χ0v) is 13.1. The van der Waals surface area contributed by atoms with Crippen LogP contribution >= 0.6 is 0 Å². The monoisotopic (exact) mass is 311 g/mol. The van der Waals surface area contributed by atoms with Crippen molar-refractivity contribution in [3.05, 3.63) is 47.0 Å². The van der Waals surface area contributed by atoms with Crippen molar-refractivity contribution in [2.75, 3.05) is 7.11 Å². The second-order valence-electron chi connectivity index (χ2n) is 5.40. The molecule has 0 saturated carbocycles. The van der Waals surface area contributed by atoms with E-state index in [1.54, 1.807) is 30.8 Å². The van der Waals surface area contributed by atoms with Crippen molar-refractivity contribution in [3.63, 3.8) is 0 Å². The number of aryl methyl sites for hydroxylation is 2. The van der Waals surface area contributed by atoms with Gasteiger partial charge in [-0.1, -0.05) is 0 Å². The van der Waals surface area contributed by atoms with E-state index >= 15 is 0 Å². The number of ether oxygens (including phenoxy) is 1. The molecule has 1 heterocycles. The molecular formula is C17H17N3O3. The maximum absolute atomic E-state index is 11.5. The highest BCUT2D eigenvalue weighted by Gasteiger charge is 2.12. The van der Waals surface area contributed by atoms with Gasteiger partial charge in [0.1, 0.15) is 11.6 Å². The largest absolute Gasteiger partial charge is 0.496 e. The summed E-state index contributed by atoms with van der Waals surface area (Å²) in [6, 6.07) is 9.02. The lowest BCUT2D eigenvalue weighted by molar-refractivity contribution is 0.0706. The molecule has 0 aliphatic rings. The lowest BCUT2D eigenvalue weighted by atomic mass is 10.1. The van der Waals surface area contributed by atoms with Crippen LogP contribution in [0.2, 0.25) is 0 Å². The Morgan fingerprint density at radius 2 is 1.91 bits per heavy atom. The summed E-state index contributed by atoms with van der Waals surface area (Å²) < 4.78 is 5.38. The Balaban J connectivity index is 2.09. The zero-order chi connectivity index (χ0) is 16.6. The summed E-state index contributed by atoms with van der Waals surface area (Å²) in [5, 5.41) is 8.72. The summed E-state index contributed by atoms with van der Waals surface area (Å²) >= 11 is 0. The first-order valence-corrected chi connectivity index (χ1v) is 7.13. The molecule has 0 unspecified atom stereocenters. The number of hydroxylamine groups is 1. The lowest BCUT2D eigenvalue weighted by Gasteiger charge is -2.10. The van der Waals surface area contributed by atoms with Gasteiger partial charge in [-0.15, -0.1) is 0 Å². The van der Waals surface area contributed by atoms with Gasteiger partial charge in [0.2, 0.25) is 0 Å². The number of imidazole rings is 1. The number of methoxy groups -OCH3 is 1. The Kier molecular flexibility index (Phi) is 3.75. The number of hydrogen-bond donors (Lipinski definition) is 3. The van der Waals surface area contributed by atoms with Crippen molar-refractivity contribution >= 4 is 16.9 Å². The summed E-state index contributed by atoms with van der Waals surface area (Å²) in [7, 11) is 1.66. The summed E-state index contributed by atoms with van der Waals surface area (Å²) in [5.41, 5.74) is 6.47. The van der Waals surface area contributed by atoms with Crippen LogP contribution in [0.25, 0.3) is 22.4 Å². The van der Waals surface area contributed by atoms with E-state index in [9.17, 15) is 4.79 Å². The number of benzene rings is 2. The zero-order valence-electron chi connectivity index (χ0n) is 13.1. The van der Waals surface area contributed by atoms with Crippen LogP contribution in [-0.4, -0.2) is 28.2 Å². The van der Waals surface area contributed by atoms with E-state index in [4.69, 9.17) is 9.94 Å². The van der Waals surface area contributed by atoms with Gasteiger partial charge in [-0.3, -0.25) is 10.0 Å². The van der Waals surface area contributed by atoms with Crippen LogP contribution < -0.4 is 10.2 Å². The molecule has 1 aromatic heterocycles. The number of carbonyl (C=O) groups is 1. The van der Waals surface area contributed by atoms with Crippen LogP contribution in [0.3, 0.4) is 0 Å². The number of rotatable bonds is 3. The summed E-state index contributed by atoms with van der Waals surface area (Å²) in [5.74, 6) is 1.03. The van der Waals surface area contributed by atoms with E-state index in [1.807, 2.05) is 26.0 Å². The molecule has 0 aliphatic heterocycles. The van der Waals surface area contributed by atoms with Crippen LogP contribution in [0, 0.1) is 13.8 Å². The van der Waals surface area contributed by atoms with Crippen molar-refractivity contribution in [2.24, 2.45) is 0 Å². The van der Waals surface area contributed by atoms with Gasteiger partial charge in [0.05, 0.1) is 18.1 Å². The molecule has 6 heteroatoms. The fraction of sp³-hybridized carbons (Fsp3) is 0.176. The first-order valence-electron chi connectivity index (χ1n) is 7.13. The fourth-order valence-electron chi connectivity index (χ4n) is 2.76. The predicted octanol–water partition coefficient (Wildman–Crippen LogP) is 2.97. The van der Waals surface area contributed by atoms with Gasteiger partial charge in [0.25, 0.3) is 5.91 Å². The molecule has 0 bridgehead atoms. The molecule has 3 rings (SSSR count). The van der Waals surface area contributed by atoms with E-state index in [0.29, 0.717) is 5.56 Å². The average molecular weight is 311 g/mol. The highest BCUT2D eigenvalue weighted by molar-refractivity contribution is 5.97. The molecule has 0 aliphatic carbocycles. The van der Waals surface area contributed by atoms with Crippen LogP contribution in [-0.2, 0) is 0 Å².